The Labute approximate surface area is 138 Å². The van der Waals surface area contributed by atoms with E-state index in [1.165, 1.54) is 31.4 Å². The number of para-hydroxylation sites is 2. The van der Waals surface area contributed by atoms with Crippen molar-refractivity contribution in [1.82, 2.24) is 0 Å². The monoisotopic (exact) mass is 328 g/mol. The molecular formula is C18H17FN2O3. The Bertz CT molecular complexity index is 761. The van der Waals surface area contributed by atoms with Crippen LogP contribution in [0.4, 0.5) is 15.8 Å². The van der Waals surface area contributed by atoms with Gasteiger partial charge in [0.25, 0.3) is 0 Å². The molecule has 2 amide bonds. The number of anilines is 2. The van der Waals surface area contributed by atoms with Gasteiger partial charge in [0.2, 0.25) is 11.8 Å². The number of carbonyl (C=O) groups is 2. The number of hydrogen-bond donors (Lipinski definition) is 2. The first-order valence-corrected chi connectivity index (χ1v) is 7.59. The number of methoxy groups -OCH3 is 1. The van der Waals surface area contributed by atoms with Crippen molar-refractivity contribution >= 4 is 23.2 Å². The van der Waals surface area contributed by atoms with Crippen molar-refractivity contribution in [3.05, 3.63) is 54.3 Å². The summed E-state index contributed by atoms with van der Waals surface area (Å²) in [7, 11) is 1.53. The van der Waals surface area contributed by atoms with Gasteiger partial charge in [0, 0.05) is 5.69 Å². The highest BCUT2D eigenvalue weighted by Gasteiger charge is 2.48. The van der Waals surface area contributed by atoms with Gasteiger partial charge >= 0.3 is 0 Å². The van der Waals surface area contributed by atoms with Crippen LogP contribution in [0.25, 0.3) is 0 Å². The largest absolute Gasteiger partial charge is 0.495 e. The molecule has 5 nitrogen and oxygen atoms in total. The number of nitrogens with one attached hydrogen (secondary N) is 2. The van der Waals surface area contributed by atoms with E-state index in [0.717, 1.165) is 0 Å². The van der Waals surface area contributed by atoms with E-state index < -0.39 is 0 Å². The Morgan fingerprint density at radius 1 is 1.00 bits per heavy atom. The summed E-state index contributed by atoms with van der Waals surface area (Å²) in [4.78, 5) is 24.4. The van der Waals surface area contributed by atoms with E-state index in [9.17, 15) is 14.0 Å². The standard InChI is InChI=1S/C18H17FN2O3/c1-24-16-5-3-2-4-15(16)21-18(23)14-10-13(14)17(22)20-12-8-6-11(19)7-9-12/h2-9,13-14H,10H2,1H3,(H,20,22)(H,21,23). The maximum Gasteiger partial charge on any atom is 0.228 e. The molecule has 1 fully saturated rings. The summed E-state index contributed by atoms with van der Waals surface area (Å²) < 4.78 is 18.0. The van der Waals surface area contributed by atoms with Crippen molar-refractivity contribution in [2.24, 2.45) is 11.8 Å². The zero-order chi connectivity index (χ0) is 17.1. The first-order valence-electron chi connectivity index (χ1n) is 7.59. The van der Waals surface area contributed by atoms with Gasteiger partial charge in [-0.3, -0.25) is 9.59 Å². The van der Waals surface area contributed by atoms with Crippen molar-refractivity contribution in [2.75, 3.05) is 17.7 Å². The van der Waals surface area contributed by atoms with Crippen molar-refractivity contribution in [2.45, 2.75) is 6.42 Å². The van der Waals surface area contributed by atoms with Crippen LogP contribution in [0.3, 0.4) is 0 Å². The summed E-state index contributed by atoms with van der Waals surface area (Å²) in [6.45, 7) is 0. The Balaban J connectivity index is 1.57. The van der Waals surface area contributed by atoms with Crippen LogP contribution in [0, 0.1) is 17.7 Å². The predicted octanol–water partition coefficient (Wildman–Crippen LogP) is 3.05. The Hall–Kier alpha value is -2.89. The van der Waals surface area contributed by atoms with E-state index in [4.69, 9.17) is 4.74 Å². The lowest BCUT2D eigenvalue weighted by atomic mass is 10.2. The van der Waals surface area contributed by atoms with E-state index in [0.29, 0.717) is 23.5 Å². The van der Waals surface area contributed by atoms with Gasteiger partial charge in [-0.2, -0.15) is 0 Å². The molecule has 1 aliphatic rings. The summed E-state index contributed by atoms with van der Waals surface area (Å²) in [5.74, 6) is -0.979. The van der Waals surface area contributed by atoms with Crippen LogP contribution in [0.1, 0.15) is 6.42 Å². The number of carbonyl (C=O) groups excluding carboxylic acids is 2. The lowest BCUT2D eigenvalue weighted by molar-refractivity contribution is -0.122. The van der Waals surface area contributed by atoms with Gasteiger partial charge < -0.3 is 15.4 Å². The first kappa shape index (κ1) is 16.0. The molecule has 1 aliphatic carbocycles. The second-order valence-corrected chi connectivity index (χ2v) is 5.63. The van der Waals surface area contributed by atoms with Gasteiger partial charge in [-0.1, -0.05) is 12.1 Å². The highest BCUT2D eigenvalue weighted by atomic mass is 19.1. The quantitative estimate of drug-likeness (QED) is 0.886. The molecule has 0 saturated heterocycles. The molecule has 2 unspecified atom stereocenters. The van der Waals surface area contributed by atoms with Crippen LogP contribution in [0.2, 0.25) is 0 Å². The molecule has 0 heterocycles. The van der Waals surface area contributed by atoms with Crippen LogP contribution in [-0.4, -0.2) is 18.9 Å². The van der Waals surface area contributed by atoms with Gasteiger partial charge in [-0.05, 0) is 42.8 Å². The van der Waals surface area contributed by atoms with Gasteiger partial charge in [-0.25, -0.2) is 4.39 Å². The molecule has 124 valence electrons. The van der Waals surface area contributed by atoms with Crippen molar-refractivity contribution in [1.29, 1.82) is 0 Å². The predicted molar refractivity (Wildman–Crippen MR) is 88.3 cm³/mol. The number of ether oxygens (including phenoxy) is 1. The molecule has 0 radical (unpaired) electrons. The van der Waals surface area contributed by atoms with E-state index in [-0.39, 0.29) is 29.5 Å². The van der Waals surface area contributed by atoms with E-state index >= 15 is 0 Å². The fraction of sp³-hybridized carbons (Fsp3) is 0.222. The summed E-state index contributed by atoms with van der Waals surface area (Å²) in [6.07, 6.45) is 0.494. The third-order valence-corrected chi connectivity index (χ3v) is 3.94. The highest BCUT2D eigenvalue weighted by Crippen LogP contribution is 2.40. The van der Waals surface area contributed by atoms with Crippen LogP contribution in [0.15, 0.2) is 48.5 Å². The van der Waals surface area contributed by atoms with E-state index in [1.807, 2.05) is 6.07 Å². The van der Waals surface area contributed by atoms with Crippen LogP contribution in [-0.2, 0) is 9.59 Å². The zero-order valence-electron chi connectivity index (χ0n) is 13.1. The fourth-order valence-electron chi connectivity index (χ4n) is 2.52. The molecule has 2 atom stereocenters. The Kier molecular flexibility index (Phi) is 4.46. The van der Waals surface area contributed by atoms with Crippen LogP contribution in [0.5, 0.6) is 5.75 Å². The Morgan fingerprint density at radius 2 is 1.62 bits per heavy atom. The second kappa shape index (κ2) is 6.70. The van der Waals surface area contributed by atoms with E-state index in [2.05, 4.69) is 10.6 Å². The number of amides is 2. The maximum atomic E-state index is 12.9. The second-order valence-electron chi connectivity index (χ2n) is 5.63. The van der Waals surface area contributed by atoms with Gasteiger partial charge in [0.15, 0.2) is 0 Å². The number of hydrogen-bond acceptors (Lipinski definition) is 3. The first-order chi connectivity index (χ1) is 11.6. The number of halogens is 1. The number of benzene rings is 2. The van der Waals surface area contributed by atoms with E-state index in [1.54, 1.807) is 18.2 Å². The van der Waals surface area contributed by atoms with Crippen molar-refractivity contribution in [3.63, 3.8) is 0 Å². The third-order valence-electron chi connectivity index (χ3n) is 3.94. The average Bonchev–Trinajstić information content (AvgIpc) is 3.38. The van der Waals surface area contributed by atoms with Crippen molar-refractivity contribution < 1.29 is 18.7 Å². The molecule has 2 aromatic rings. The van der Waals surface area contributed by atoms with Crippen LogP contribution < -0.4 is 15.4 Å². The van der Waals surface area contributed by atoms with Gasteiger partial charge in [0.1, 0.15) is 11.6 Å². The molecule has 3 rings (SSSR count). The minimum atomic E-state index is -0.371. The lowest BCUT2D eigenvalue weighted by Gasteiger charge is -2.09. The summed E-state index contributed by atoms with van der Waals surface area (Å²) >= 11 is 0. The molecule has 2 N–H and O–H groups in total. The molecule has 24 heavy (non-hydrogen) atoms. The molecule has 0 aliphatic heterocycles. The van der Waals surface area contributed by atoms with Crippen molar-refractivity contribution in [3.8, 4) is 5.75 Å². The summed E-state index contributed by atoms with van der Waals surface area (Å²) in [5, 5.41) is 5.48. The highest BCUT2D eigenvalue weighted by molar-refractivity contribution is 6.03. The molecule has 2 aromatic carbocycles. The summed E-state index contributed by atoms with van der Waals surface area (Å²) in [6, 6.07) is 12.6. The molecular weight excluding hydrogens is 311 g/mol. The fourth-order valence-corrected chi connectivity index (χ4v) is 2.52. The molecule has 0 aromatic heterocycles. The normalized spacial score (nSPS) is 18.6. The van der Waals surface area contributed by atoms with Crippen LogP contribution >= 0.6 is 0 Å². The van der Waals surface area contributed by atoms with Gasteiger partial charge in [0.05, 0.1) is 24.6 Å². The summed E-state index contributed by atoms with van der Waals surface area (Å²) in [5.41, 5.74) is 1.09. The minimum absolute atomic E-state index is 0.209. The molecule has 0 bridgehead atoms. The Morgan fingerprint density at radius 3 is 2.29 bits per heavy atom. The zero-order valence-corrected chi connectivity index (χ0v) is 13.1. The van der Waals surface area contributed by atoms with Gasteiger partial charge in [-0.15, -0.1) is 0 Å². The molecule has 0 spiro atoms. The SMILES string of the molecule is COc1ccccc1NC(=O)C1CC1C(=O)Nc1ccc(F)cc1. The molecule has 1 saturated carbocycles. The lowest BCUT2D eigenvalue weighted by Crippen LogP contribution is -2.20. The maximum absolute atomic E-state index is 12.9. The minimum Gasteiger partial charge on any atom is -0.495 e. The molecule has 6 heteroatoms. The topological polar surface area (TPSA) is 67.4 Å². The smallest absolute Gasteiger partial charge is 0.228 e. The number of rotatable bonds is 5. The average molecular weight is 328 g/mol. The third kappa shape index (κ3) is 3.53.